The molecular weight excluding hydrogens is 247 g/mol. The maximum absolute atomic E-state index is 13.1. The lowest BCUT2D eigenvalue weighted by atomic mass is 10.1. The van der Waals surface area contributed by atoms with Gasteiger partial charge in [-0.1, -0.05) is 15.9 Å². The minimum Gasteiger partial charge on any atom is -0.314 e. The number of halogens is 2. The zero-order valence-corrected chi connectivity index (χ0v) is 9.27. The van der Waals surface area contributed by atoms with Gasteiger partial charge in [0.15, 0.2) is 0 Å². The molecule has 1 atom stereocenters. The molecule has 0 bridgehead atoms. The van der Waals surface area contributed by atoms with E-state index in [4.69, 9.17) is 0 Å². The van der Waals surface area contributed by atoms with E-state index in [1.54, 1.807) is 6.07 Å². The molecule has 76 valence electrons. The lowest BCUT2D eigenvalue weighted by Crippen LogP contribution is -2.42. The number of hydrogen-bond donors (Lipinski definition) is 2. The summed E-state index contributed by atoms with van der Waals surface area (Å²) in [4.78, 5) is 0. The molecule has 0 spiro atoms. The molecule has 2 nitrogen and oxygen atoms in total. The Morgan fingerprint density at radius 3 is 2.79 bits per heavy atom. The van der Waals surface area contributed by atoms with Crippen LogP contribution in [0, 0.1) is 5.82 Å². The fourth-order valence-corrected chi connectivity index (χ4v) is 2.15. The van der Waals surface area contributed by atoms with Gasteiger partial charge in [-0.25, -0.2) is 4.39 Å². The Hall–Kier alpha value is -0.450. The van der Waals surface area contributed by atoms with Gasteiger partial charge in [0.2, 0.25) is 0 Å². The molecule has 0 radical (unpaired) electrons. The van der Waals surface area contributed by atoms with Gasteiger partial charge in [-0.05, 0) is 23.8 Å². The van der Waals surface area contributed by atoms with Crippen molar-refractivity contribution in [3.8, 4) is 0 Å². The van der Waals surface area contributed by atoms with Gasteiger partial charge >= 0.3 is 0 Å². The smallest absolute Gasteiger partial charge is 0.124 e. The Morgan fingerprint density at radius 2 is 2.14 bits per heavy atom. The van der Waals surface area contributed by atoms with Crippen LogP contribution in [0.1, 0.15) is 11.6 Å². The summed E-state index contributed by atoms with van der Waals surface area (Å²) in [5.74, 6) is -0.193. The Bertz CT molecular complexity index is 304. The van der Waals surface area contributed by atoms with E-state index in [2.05, 4.69) is 26.6 Å². The largest absolute Gasteiger partial charge is 0.314 e. The van der Waals surface area contributed by atoms with Crippen LogP contribution in [0.2, 0.25) is 0 Å². The molecule has 1 aliphatic rings. The van der Waals surface area contributed by atoms with Crippen LogP contribution < -0.4 is 10.6 Å². The number of hydrogen-bond acceptors (Lipinski definition) is 2. The fourth-order valence-electron chi connectivity index (χ4n) is 1.67. The van der Waals surface area contributed by atoms with E-state index in [1.807, 2.05) is 6.07 Å². The van der Waals surface area contributed by atoms with Crippen molar-refractivity contribution in [2.75, 3.05) is 19.6 Å². The molecule has 1 heterocycles. The molecule has 14 heavy (non-hydrogen) atoms. The van der Waals surface area contributed by atoms with Gasteiger partial charge in [0.1, 0.15) is 5.82 Å². The van der Waals surface area contributed by atoms with Crippen molar-refractivity contribution in [1.29, 1.82) is 0 Å². The molecule has 0 unspecified atom stereocenters. The van der Waals surface area contributed by atoms with E-state index < -0.39 is 0 Å². The molecule has 4 heteroatoms. The topological polar surface area (TPSA) is 24.1 Å². The average molecular weight is 259 g/mol. The maximum atomic E-state index is 13.1. The van der Waals surface area contributed by atoms with Gasteiger partial charge in [-0.2, -0.15) is 0 Å². The van der Waals surface area contributed by atoms with Crippen LogP contribution in [0.5, 0.6) is 0 Å². The maximum Gasteiger partial charge on any atom is 0.124 e. The minimum absolute atomic E-state index is 0.193. The second kappa shape index (κ2) is 4.38. The second-order valence-electron chi connectivity index (χ2n) is 3.41. The first kappa shape index (κ1) is 10.1. The lowest BCUT2D eigenvalue weighted by Gasteiger charge is -2.25. The summed E-state index contributed by atoms with van der Waals surface area (Å²) in [6.07, 6.45) is 0. The number of benzene rings is 1. The molecule has 1 fully saturated rings. The molecule has 0 aromatic heterocycles. The molecule has 0 amide bonds. The minimum atomic E-state index is -0.193. The van der Waals surface area contributed by atoms with Crippen LogP contribution in [0.25, 0.3) is 0 Å². The van der Waals surface area contributed by atoms with Crippen molar-refractivity contribution in [3.05, 3.63) is 34.1 Å². The van der Waals surface area contributed by atoms with Crippen LogP contribution in [0.15, 0.2) is 22.7 Å². The van der Waals surface area contributed by atoms with Gasteiger partial charge in [0.25, 0.3) is 0 Å². The molecule has 1 aromatic carbocycles. The van der Waals surface area contributed by atoms with Crippen molar-refractivity contribution in [3.63, 3.8) is 0 Å². The summed E-state index contributed by atoms with van der Waals surface area (Å²) in [5.41, 5.74) is 0.990. The third kappa shape index (κ3) is 2.32. The Balaban J connectivity index is 2.21. The summed E-state index contributed by atoms with van der Waals surface area (Å²) >= 11 is 3.29. The first-order valence-electron chi connectivity index (χ1n) is 4.66. The first-order chi connectivity index (χ1) is 6.75. The average Bonchev–Trinajstić information content (AvgIpc) is 2.18. The molecule has 0 saturated carbocycles. The second-order valence-corrected chi connectivity index (χ2v) is 4.33. The summed E-state index contributed by atoms with van der Waals surface area (Å²) in [7, 11) is 0. The third-order valence-electron chi connectivity index (χ3n) is 2.33. The molecule has 2 rings (SSSR count). The van der Waals surface area contributed by atoms with Crippen LogP contribution in [-0.2, 0) is 0 Å². The van der Waals surface area contributed by atoms with E-state index >= 15 is 0 Å². The van der Waals surface area contributed by atoms with Crippen LogP contribution in [0.4, 0.5) is 4.39 Å². The van der Waals surface area contributed by atoms with E-state index in [-0.39, 0.29) is 11.9 Å². The summed E-state index contributed by atoms with van der Waals surface area (Å²) in [6, 6.07) is 5.22. The lowest BCUT2D eigenvalue weighted by molar-refractivity contribution is 0.428. The Kier molecular flexibility index (Phi) is 3.15. The predicted octanol–water partition coefficient (Wildman–Crippen LogP) is 1.82. The van der Waals surface area contributed by atoms with E-state index in [1.165, 1.54) is 6.07 Å². The Labute approximate surface area is 91.0 Å². The zero-order valence-electron chi connectivity index (χ0n) is 7.69. The van der Waals surface area contributed by atoms with Gasteiger partial charge in [0.05, 0.1) is 0 Å². The van der Waals surface area contributed by atoms with Gasteiger partial charge in [0, 0.05) is 30.1 Å². The van der Waals surface area contributed by atoms with E-state index in [0.717, 1.165) is 29.7 Å². The van der Waals surface area contributed by atoms with Crippen LogP contribution in [0.3, 0.4) is 0 Å². The van der Waals surface area contributed by atoms with Crippen LogP contribution in [-0.4, -0.2) is 19.6 Å². The van der Waals surface area contributed by atoms with Crippen molar-refractivity contribution < 1.29 is 4.39 Å². The highest BCUT2D eigenvalue weighted by Crippen LogP contribution is 2.20. The SMILES string of the molecule is Fc1cc(Br)cc([C@H]2CNCCN2)c1. The van der Waals surface area contributed by atoms with Crippen molar-refractivity contribution in [2.45, 2.75) is 6.04 Å². The summed E-state index contributed by atoms with van der Waals surface area (Å²) in [5, 5.41) is 6.61. The molecular formula is C10H12BrFN2. The van der Waals surface area contributed by atoms with Gasteiger partial charge < -0.3 is 10.6 Å². The highest BCUT2D eigenvalue weighted by molar-refractivity contribution is 9.10. The van der Waals surface area contributed by atoms with E-state index in [0.29, 0.717) is 0 Å². The molecule has 1 saturated heterocycles. The van der Waals surface area contributed by atoms with Crippen LogP contribution >= 0.6 is 15.9 Å². The summed E-state index contributed by atoms with van der Waals surface area (Å²) < 4.78 is 13.9. The highest BCUT2D eigenvalue weighted by Gasteiger charge is 2.14. The first-order valence-corrected chi connectivity index (χ1v) is 5.45. The summed E-state index contributed by atoms with van der Waals surface area (Å²) in [6.45, 7) is 2.77. The highest BCUT2D eigenvalue weighted by atomic mass is 79.9. The molecule has 1 aromatic rings. The molecule has 2 N–H and O–H groups in total. The third-order valence-corrected chi connectivity index (χ3v) is 2.79. The molecule has 0 aliphatic carbocycles. The van der Waals surface area contributed by atoms with Gasteiger partial charge in [-0.15, -0.1) is 0 Å². The quantitative estimate of drug-likeness (QED) is 0.803. The zero-order chi connectivity index (χ0) is 9.97. The monoisotopic (exact) mass is 258 g/mol. The molecule has 1 aliphatic heterocycles. The number of piperazine rings is 1. The Morgan fingerprint density at radius 1 is 1.29 bits per heavy atom. The predicted molar refractivity (Wildman–Crippen MR) is 57.7 cm³/mol. The van der Waals surface area contributed by atoms with Crippen molar-refractivity contribution in [1.82, 2.24) is 10.6 Å². The fraction of sp³-hybridized carbons (Fsp3) is 0.400. The number of rotatable bonds is 1. The normalized spacial score (nSPS) is 22.3. The van der Waals surface area contributed by atoms with Crippen molar-refractivity contribution >= 4 is 15.9 Å². The van der Waals surface area contributed by atoms with E-state index in [9.17, 15) is 4.39 Å². The standard InChI is InChI=1S/C10H12BrFN2/c11-8-3-7(4-9(12)5-8)10-6-13-1-2-14-10/h3-5,10,13-14H,1-2,6H2/t10-/m1/s1. The van der Waals surface area contributed by atoms with Gasteiger partial charge in [-0.3, -0.25) is 0 Å². The number of nitrogens with one attached hydrogen (secondary N) is 2. The van der Waals surface area contributed by atoms with Crippen molar-refractivity contribution in [2.24, 2.45) is 0 Å².